The van der Waals surface area contributed by atoms with Crippen LogP contribution >= 0.6 is 8.46 Å². The first kappa shape index (κ1) is 16.4. The molecule has 0 heterocycles. The first-order valence-electron chi connectivity index (χ1n) is 3.85. The van der Waals surface area contributed by atoms with Crippen LogP contribution in [0, 0.1) is 0 Å². The Morgan fingerprint density at radius 2 is 1.36 bits per heavy atom. The van der Waals surface area contributed by atoms with Gasteiger partial charge in [-0.25, -0.2) is 0 Å². The fraction of sp³-hybridized carbons (Fsp3) is 1.00. The Labute approximate surface area is 82.5 Å². The monoisotopic (exact) mass is 232 g/mol. The van der Waals surface area contributed by atoms with Crippen molar-refractivity contribution in [3.63, 3.8) is 0 Å². The van der Waals surface area contributed by atoms with E-state index in [-0.39, 0.29) is 13.2 Å². The predicted molar refractivity (Wildman–Crippen MR) is 49.7 cm³/mol. The van der Waals surface area contributed by atoms with E-state index >= 15 is 0 Å². The number of aliphatic hydroxyl groups excluding tert-OH is 6. The second-order valence-electron chi connectivity index (χ2n) is 2.40. The van der Waals surface area contributed by atoms with Crippen LogP contribution < -0.4 is 0 Å². The summed E-state index contributed by atoms with van der Waals surface area (Å²) >= 11 is 0. The molecule has 0 aliphatic rings. The van der Waals surface area contributed by atoms with E-state index in [4.69, 9.17) is 30.6 Å². The molecule has 3 atom stereocenters. The highest BCUT2D eigenvalue weighted by Crippen LogP contribution is 2.05. The van der Waals surface area contributed by atoms with Gasteiger partial charge in [0.05, 0.1) is 28.3 Å². The zero-order valence-corrected chi connectivity index (χ0v) is 8.68. The van der Waals surface area contributed by atoms with Crippen LogP contribution in [0.4, 0.5) is 0 Å². The van der Waals surface area contributed by atoms with Crippen molar-refractivity contribution in [3.05, 3.63) is 0 Å². The highest BCUT2D eigenvalue weighted by atomic mass is 31.1. The van der Waals surface area contributed by atoms with Gasteiger partial charge in [-0.05, 0) is 0 Å². The van der Waals surface area contributed by atoms with Crippen molar-refractivity contribution in [1.82, 2.24) is 0 Å². The summed E-state index contributed by atoms with van der Waals surface area (Å²) in [4.78, 5) is 0. The first-order chi connectivity index (χ1) is 6.53. The van der Waals surface area contributed by atoms with Crippen molar-refractivity contribution in [1.29, 1.82) is 0 Å². The maximum absolute atomic E-state index is 9.79. The summed E-state index contributed by atoms with van der Waals surface area (Å²) in [5.41, 5.74) is 0. The summed E-state index contributed by atoms with van der Waals surface area (Å²) in [6, 6.07) is 0. The van der Waals surface area contributed by atoms with Crippen molar-refractivity contribution in [2.45, 2.75) is 18.1 Å². The lowest BCUT2D eigenvalue weighted by atomic mass is 10.4. The molecule has 0 spiro atoms. The van der Waals surface area contributed by atoms with E-state index in [1.54, 1.807) is 0 Å². The van der Waals surface area contributed by atoms with Gasteiger partial charge in [0.25, 0.3) is 0 Å². The van der Waals surface area contributed by atoms with E-state index in [1.807, 2.05) is 0 Å². The van der Waals surface area contributed by atoms with Gasteiger partial charge in [-0.1, -0.05) is 0 Å². The van der Waals surface area contributed by atoms with Crippen LogP contribution in [-0.2, 0) is 4.57 Å². The van der Waals surface area contributed by atoms with E-state index in [2.05, 4.69) is 0 Å². The smallest absolute Gasteiger partial charge is 0.130 e. The van der Waals surface area contributed by atoms with Crippen molar-refractivity contribution in [2.24, 2.45) is 0 Å². The fourth-order valence-corrected chi connectivity index (χ4v) is 0.560. The van der Waals surface area contributed by atoms with Crippen LogP contribution in [0.15, 0.2) is 0 Å². The molecule has 0 radical (unpaired) electrons. The third-order valence-corrected chi connectivity index (χ3v) is 1.87. The number of rotatable bonds is 5. The summed E-state index contributed by atoms with van der Waals surface area (Å²) in [7, 11) is -1.41. The quantitative estimate of drug-likeness (QED) is 0.274. The van der Waals surface area contributed by atoms with Gasteiger partial charge in [0.2, 0.25) is 0 Å². The van der Waals surface area contributed by atoms with E-state index in [9.17, 15) is 4.57 Å². The van der Waals surface area contributed by atoms with Crippen LogP contribution in [0.2, 0.25) is 0 Å². The number of aliphatic hydroxyl groups is 6. The Morgan fingerprint density at radius 1 is 0.929 bits per heavy atom. The molecule has 7 nitrogen and oxygen atoms in total. The molecule has 0 fully saturated rings. The molecule has 0 bridgehead atoms. The molecule has 88 valence electrons. The van der Waals surface area contributed by atoms with Crippen molar-refractivity contribution in [2.75, 3.05) is 19.8 Å². The summed E-state index contributed by atoms with van der Waals surface area (Å²) < 4.78 is 9.79. The summed E-state index contributed by atoms with van der Waals surface area (Å²) in [5.74, 6) is -1.25. The van der Waals surface area contributed by atoms with Gasteiger partial charge in [-0.2, -0.15) is 0 Å². The van der Waals surface area contributed by atoms with E-state index in [0.717, 1.165) is 0 Å². The number of hydrogen-bond acceptors (Lipinski definition) is 7. The van der Waals surface area contributed by atoms with Gasteiger partial charge in [-0.3, -0.25) is 0 Å². The predicted octanol–water partition coefficient (Wildman–Crippen LogP) is -3.25. The van der Waals surface area contributed by atoms with E-state index < -0.39 is 33.1 Å². The minimum atomic E-state index is -1.41. The molecule has 0 rings (SSSR count). The lowest BCUT2D eigenvalue weighted by Crippen LogP contribution is -2.23. The molecular weight excluding hydrogens is 215 g/mol. The molecular formula is C6H17O7P. The Hall–Kier alpha value is -0.0100. The topological polar surface area (TPSA) is 138 Å². The summed E-state index contributed by atoms with van der Waals surface area (Å²) in [5, 5.41) is 49.0. The molecule has 3 unspecified atom stereocenters. The van der Waals surface area contributed by atoms with Gasteiger partial charge in [0.15, 0.2) is 0 Å². The van der Waals surface area contributed by atoms with Crippen LogP contribution in [0.3, 0.4) is 0 Å². The van der Waals surface area contributed by atoms with Gasteiger partial charge in [0.1, 0.15) is 18.1 Å². The second kappa shape index (κ2) is 11.1. The van der Waals surface area contributed by atoms with Gasteiger partial charge in [-0.15, -0.1) is 0 Å². The first-order valence-corrected chi connectivity index (χ1v) is 4.99. The number of hydrogen-bond donors (Lipinski definition) is 6. The van der Waals surface area contributed by atoms with Gasteiger partial charge < -0.3 is 35.2 Å². The van der Waals surface area contributed by atoms with Crippen LogP contribution in [0.25, 0.3) is 0 Å². The van der Waals surface area contributed by atoms with Gasteiger partial charge >= 0.3 is 0 Å². The van der Waals surface area contributed by atoms with Crippen LogP contribution in [0.1, 0.15) is 0 Å². The third-order valence-electron chi connectivity index (χ3n) is 1.14. The van der Waals surface area contributed by atoms with Crippen molar-refractivity contribution >= 4 is 8.46 Å². The molecule has 0 aromatic carbocycles. The minimum Gasteiger partial charge on any atom is -0.394 e. The summed E-state index contributed by atoms with van der Waals surface area (Å²) in [6.45, 7) is -1.27. The zero-order chi connectivity index (χ0) is 11.6. The van der Waals surface area contributed by atoms with Crippen molar-refractivity contribution in [3.8, 4) is 0 Å². The normalized spacial score (nSPS) is 15.4. The molecule has 6 N–H and O–H groups in total. The molecule has 0 saturated carbocycles. The molecule has 0 aliphatic heterocycles. The van der Waals surface area contributed by atoms with E-state index in [1.165, 1.54) is 0 Å². The molecule has 0 saturated heterocycles. The molecule has 14 heavy (non-hydrogen) atoms. The van der Waals surface area contributed by atoms with E-state index in [0.29, 0.717) is 0 Å². The molecule has 0 aromatic rings. The zero-order valence-electron chi connectivity index (χ0n) is 7.52. The van der Waals surface area contributed by atoms with Crippen molar-refractivity contribution < 1.29 is 35.2 Å². The third kappa shape index (κ3) is 10.1. The lowest BCUT2D eigenvalue weighted by molar-refractivity contribution is 0.0260. The lowest BCUT2D eigenvalue weighted by Gasteiger charge is -2.07. The maximum Gasteiger partial charge on any atom is 0.130 e. The molecule has 0 aromatic heterocycles. The van der Waals surface area contributed by atoms with Crippen LogP contribution in [-0.4, -0.2) is 68.5 Å². The largest absolute Gasteiger partial charge is 0.394 e. The highest BCUT2D eigenvalue weighted by Gasteiger charge is 2.11. The Morgan fingerprint density at radius 3 is 1.43 bits per heavy atom. The SMILES string of the molecule is O=[PH2]C(O)C(O)CO.OCC(O)CO. The van der Waals surface area contributed by atoms with Gasteiger partial charge in [0, 0.05) is 0 Å². The molecule has 0 amide bonds. The minimum absolute atomic E-state index is 0.365. The highest BCUT2D eigenvalue weighted by molar-refractivity contribution is 7.24. The summed E-state index contributed by atoms with van der Waals surface area (Å²) in [6.07, 6.45) is -2.20. The fourth-order valence-electron chi connectivity index (χ4n) is 0.256. The standard InChI is InChI=1S/C3H9O4P.C3H8O3/c4-1-2(5)3(6)8-7;4-1-3(6)2-5/h2-6H,1,8H2;3-6H,1-2H2. The Bertz CT molecular complexity index is 129. The Balaban J connectivity index is 0. The second-order valence-corrected chi connectivity index (χ2v) is 3.35. The Kier molecular flexibility index (Phi) is 13.0. The molecule has 0 aliphatic carbocycles. The average molecular weight is 232 g/mol. The van der Waals surface area contributed by atoms with Crippen LogP contribution in [0.5, 0.6) is 0 Å². The molecule has 8 heteroatoms. The average Bonchev–Trinajstić information content (AvgIpc) is 2.26. The maximum atomic E-state index is 9.79.